The van der Waals surface area contributed by atoms with Crippen molar-refractivity contribution >= 4 is 27.9 Å². The molecule has 2 heterocycles. The first-order valence-corrected chi connectivity index (χ1v) is 12.4. The molecule has 0 amide bonds. The van der Waals surface area contributed by atoms with Crippen LogP contribution in [0.3, 0.4) is 0 Å². The predicted molar refractivity (Wildman–Crippen MR) is 124 cm³/mol. The summed E-state index contributed by atoms with van der Waals surface area (Å²) in [6, 6.07) is 8.59. The maximum absolute atomic E-state index is 12.9. The van der Waals surface area contributed by atoms with E-state index in [4.69, 9.17) is 15.0 Å². The number of rotatable bonds is 9. The van der Waals surface area contributed by atoms with Crippen molar-refractivity contribution in [1.29, 1.82) is 0 Å². The van der Waals surface area contributed by atoms with E-state index in [1.807, 2.05) is 6.07 Å². The predicted octanol–water partition coefficient (Wildman–Crippen LogP) is 2.07. The number of aromatic nitrogens is 3. The molecule has 10 heteroatoms. The first-order valence-electron chi connectivity index (χ1n) is 11.0. The Balaban J connectivity index is 1.83. The number of anilines is 3. The van der Waals surface area contributed by atoms with E-state index >= 15 is 0 Å². The van der Waals surface area contributed by atoms with Crippen LogP contribution in [-0.4, -0.2) is 80.0 Å². The Bertz CT molecular complexity index is 909. The van der Waals surface area contributed by atoms with Crippen LogP contribution in [0, 0.1) is 0 Å². The van der Waals surface area contributed by atoms with Crippen molar-refractivity contribution in [2.45, 2.75) is 32.6 Å². The Hall–Kier alpha value is -2.46. The highest BCUT2D eigenvalue weighted by Gasteiger charge is 2.30. The highest BCUT2D eigenvalue weighted by Crippen LogP contribution is 2.22. The van der Waals surface area contributed by atoms with Gasteiger partial charge in [-0.25, -0.2) is 8.42 Å². The first kappa shape index (κ1) is 23.2. The smallest absolute Gasteiger partial charge is 0.243 e. The summed E-state index contributed by atoms with van der Waals surface area (Å²) in [5.41, 5.74) is 0. The Morgan fingerprint density at radius 2 is 1.26 bits per heavy atom. The van der Waals surface area contributed by atoms with Gasteiger partial charge >= 0.3 is 0 Å². The molecule has 31 heavy (non-hydrogen) atoms. The summed E-state index contributed by atoms with van der Waals surface area (Å²) < 4.78 is 27.4. The van der Waals surface area contributed by atoms with Crippen LogP contribution in [0.4, 0.5) is 17.8 Å². The highest BCUT2D eigenvalue weighted by molar-refractivity contribution is 7.89. The first-order chi connectivity index (χ1) is 14.9. The van der Waals surface area contributed by atoms with E-state index in [1.54, 1.807) is 24.3 Å². The number of sulfonamides is 1. The van der Waals surface area contributed by atoms with Crippen molar-refractivity contribution in [2.75, 3.05) is 67.1 Å². The maximum atomic E-state index is 12.9. The van der Waals surface area contributed by atoms with Crippen LogP contribution in [0.5, 0.6) is 0 Å². The third-order valence-corrected chi connectivity index (χ3v) is 7.51. The second-order valence-corrected chi connectivity index (χ2v) is 9.22. The van der Waals surface area contributed by atoms with E-state index < -0.39 is 10.0 Å². The molecule has 1 aromatic heterocycles. The van der Waals surface area contributed by atoms with Crippen molar-refractivity contribution in [3.63, 3.8) is 0 Å². The van der Waals surface area contributed by atoms with Crippen LogP contribution in [0.15, 0.2) is 35.2 Å². The topological polar surface area (TPSA) is 85.8 Å². The third-order valence-electron chi connectivity index (χ3n) is 5.60. The van der Waals surface area contributed by atoms with Crippen LogP contribution in [0.25, 0.3) is 0 Å². The summed E-state index contributed by atoms with van der Waals surface area (Å²) in [6.45, 7) is 13.4. The molecule has 1 aromatic carbocycles. The van der Waals surface area contributed by atoms with Crippen molar-refractivity contribution in [3.05, 3.63) is 30.3 Å². The van der Waals surface area contributed by atoms with Gasteiger partial charge in [-0.2, -0.15) is 19.3 Å². The molecule has 0 saturated carbocycles. The molecule has 1 aliphatic heterocycles. The number of nitrogens with zero attached hydrogens (tertiary/aromatic N) is 7. The Morgan fingerprint density at radius 1 is 0.774 bits per heavy atom. The number of piperazine rings is 1. The van der Waals surface area contributed by atoms with Crippen LogP contribution in [-0.2, 0) is 10.0 Å². The van der Waals surface area contributed by atoms with Gasteiger partial charge in [0.05, 0.1) is 4.90 Å². The van der Waals surface area contributed by atoms with Gasteiger partial charge in [-0.05, 0) is 39.8 Å². The SMILES string of the molecule is CCN(CC)c1nc(N(CC)CC)nc(N2CCN(S(=O)(=O)c3ccccc3)CC2)n1. The molecule has 9 nitrogen and oxygen atoms in total. The lowest BCUT2D eigenvalue weighted by Crippen LogP contribution is -2.49. The molecular formula is C21H33N7O2S. The van der Waals surface area contributed by atoms with Gasteiger partial charge in [-0.1, -0.05) is 18.2 Å². The minimum atomic E-state index is -3.49. The maximum Gasteiger partial charge on any atom is 0.243 e. The summed E-state index contributed by atoms with van der Waals surface area (Å²) >= 11 is 0. The molecule has 2 aromatic rings. The summed E-state index contributed by atoms with van der Waals surface area (Å²) in [5, 5.41) is 0. The van der Waals surface area contributed by atoms with Crippen LogP contribution in [0.1, 0.15) is 27.7 Å². The van der Waals surface area contributed by atoms with Gasteiger partial charge in [0.15, 0.2) is 0 Å². The fourth-order valence-electron chi connectivity index (χ4n) is 3.65. The van der Waals surface area contributed by atoms with Gasteiger partial charge < -0.3 is 14.7 Å². The van der Waals surface area contributed by atoms with Crippen molar-refractivity contribution in [2.24, 2.45) is 0 Å². The van der Waals surface area contributed by atoms with Gasteiger partial charge in [-0.15, -0.1) is 0 Å². The molecular weight excluding hydrogens is 414 g/mol. The lowest BCUT2D eigenvalue weighted by molar-refractivity contribution is 0.382. The van der Waals surface area contributed by atoms with Gasteiger partial charge in [0, 0.05) is 52.4 Å². The molecule has 1 fully saturated rings. The average molecular weight is 448 g/mol. The fraction of sp³-hybridized carbons (Fsp3) is 0.571. The molecule has 0 atom stereocenters. The van der Waals surface area contributed by atoms with Crippen LogP contribution >= 0.6 is 0 Å². The largest absolute Gasteiger partial charge is 0.341 e. The molecule has 0 N–H and O–H groups in total. The zero-order valence-corrected chi connectivity index (χ0v) is 19.7. The number of hydrogen-bond donors (Lipinski definition) is 0. The van der Waals surface area contributed by atoms with Crippen molar-refractivity contribution < 1.29 is 8.42 Å². The monoisotopic (exact) mass is 447 g/mol. The summed E-state index contributed by atoms with van der Waals surface area (Å²) in [4.78, 5) is 20.8. The quantitative estimate of drug-likeness (QED) is 0.578. The second kappa shape index (κ2) is 10.2. The second-order valence-electron chi connectivity index (χ2n) is 7.28. The van der Waals surface area contributed by atoms with Gasteiger partial charge in [-0.3, -0.25) is 0 Å². The summed E-state index contributed by atoms with van der Waals surface area (Å²) in [6.07, 6.45) is 0. The van der Waals surface area contributed by atoms with E-state index in [9.17, 15) is 8.42 Å². The van der Waals surface area contributed by atoms with E-state index in [-0.39, 0.29) is 0 Å². The van der Waals surface area contributed by atoms with E-state index in [0.717, 1.165) is 26.2 Å². The fourth-order valence-corrected chi connectivity index (χ4v) is 5.09. The van der Waals surface area contributed by atoms with Crippen LogP contribution < -0.4 is 14.7 Å². The number of benzene rings is 1. The minimum absolute atomic E-state index is 0.330. The Labute approximate surface area is 185 Å². The average Bonchev–Trinajstić information content (AvgIpc) is 2.81. The lowest BCUT2D eigenvalue weighted by Gasteiger charge is -2.34. The summed E-state index contributed by atoms with van der Waals surface area (Å²) in [5.74, 6) is 1.93. The Kier molecular flexibility index (Phi) is 7.66. The minimum Gasteiger partial charge on any atom is -0.341 e. The van der Waals surface area contributed by atoms with Crippen molar-refractivity contribution in [1.82, 2.24) is 19.3 Å². The van der Waals surface area contributed by atoms with Gasteiger partial charge in [0.25, 0.3) is 0 Å². The Morgan fingerprint density at radius 3 is 1.71 bits per heavy atom. The zero-order valence-electron chi connectivity index (χ0n) is 18.9. The molecule has 3 rings (SSSR count). The van der Waals surface area contributed by atoms with E-state index in [0.29, 0.717) is 48.9 Å². The third kappa shape index (κ3) is 5.07. The lowest BCUT2D eigenvalue weighted by atomic mass is 10.4. The molecule has 1 saturated heterocycles. The normalized spacial score (nSPS) is 15.2. The molecule has 1 aliphatic rings. The van der Waals surface area contributed by atoms with E-state index in [1.165, 1.54) is 4.31 Å². The molecule has 0 radical (unpaired) electrons. The zero-order chi connectivity index (χ0) is 22.4. The highest BCUT2D eigenvalue weighted by atomic mass is 32.2. The van der Waals surface area contributed by atoms with Gasteiger partial charge in [0.2, 0.25) is 27.9 Å². The van der Waals surface area contributed by atoms with Crippen molar-refractivity contribution in [3.8, 4) is 0 Å². The van der Waals surface area contributed by atoms with Gasteiger partial charge in [0.1, 0.15) is 0 Å². The molecule has 170 valence electrons. The molecule has 0 spiro atoms. The number of hydrogen-bond acceptors (Lipinski definition) is 8. The van der Waals surface area contributed by atoms with E-state index in [2.05, 4.69) is 42.4 Å². The summed E-state index contributed by atoms with van der Waals surface area (Å²) in [7, 11) is -3.49. The standard InChI is InChI=1S/C21H33N7O2S/c1-5-25(6-2)19-22-20(26(7-3)8-4)24-21(23-19)27-14-16-28(17-15-27)31(29,30)18-12-10-9-11-13-18/h9-13H,5-8,14-17H2,1-4H3. The molecule has 0 aliphatic carbocycles. The molecule has 0 unspecified atom stereocenters. The van der Waals surface area contributed by atoms with Crippen LogP contribution in [0.2, 0.25) is 0 Å². The molecule has 0 bridgehead atoms.